The molecule has 2 aromatic rings. The first-order chi connectivity index (χ1) is 9.02. The van der Waals surface area contributed by atoms with Crippen LogP contribution in [0.1, 0.15) is 28.3 Å². The lowest BCUT2D eigenvalue weighted by Crippen LogP contribution is -2.30. The highest BCUT2D eigenvalue weighted by Gasteiger charge is 2.21. The van der Waals surface area contributed by atoms with Crippen molar-refractivity contribution in [3.63, 3.8) is 0 Å². The van der Waals surface area contributed by atoms with E-state index in [-0.39, 0.29) is 5.56 Å². The Morgan fingerprint density at radius 3 is 2.00 bits per heavy atom. The summed E-state index contributed by atoms with van der Waals surface area (Å²) < 4.78 is 27.7. The quantitative estimate of drug-likeness (QED) is 0.658. The molecule has 0 aromatic heterocycles. The summed E-state index contributed by atoms with van der Waals surface area (Å²) in [5, 5.41) is 0. The van der Waals surface area contributed by atoms with Crippen LogP contribution in [0.15, 0.2) is 36.4 Å². The third-order valence-corrected chi connectivity index (χ3v) is 3.03. The highest BCUT2D eigenvalue weighted by Crippen LogP contribution is 2.27. The van der Waals surface area contributed by atoms with Gasteiger partial charge in [-0.3, -0.25) is 5.84 Å². The number of nitrogens with two attached hydrogens (primary N) is 1. The lowest BCUT2D eigenvalue weighted by atomic mass is 9.95. The number of hydrogen-bond donors (Lipinski definition) is 2. The van der Waals surface area contributed by atoms with Crippen molar-refractivity contribution in [1.29, 1.82) is 0 Å². The van der Waals surface area contributed by atoms with E-state index >= 15 is 0 Å². The van der Waals surface area contributed by atoms with E-state index in [2.05, 4.69) is 5.43 Å². The summed E-state index contributed by atoms with van der Waals surface area (Å²) in [4.78, 5) is 0. The van der Waals surface area contributed by atoms with Gasteiger partial charge in [-0.15, -0.1) is 0 Å². The Balaban J connectivity index is 2.56. The molecule has 19 heavy (non-hydrogen) atoms. The van der Waals surface area contributed by atoms with Gasteiger partial charge in [0.2, 0.25) is 0 Å². The molecule has 1 unspecified atom stereocenters. The molecule has 100 valence electrons. The van der Waals surface area contributed by atoms with Gasteiger partial charge in [0.1, 0.15) is 11.6 Å². The average molecular weight is 262 g/mol. The van der Waals surface area contributed by atoms with Crippen LogP contribution in [0.25, 0.3) is 0 Å². The Morgan fingerprint density at radius 1 is 1.00 bits per heavy atom. The van der Waals surface area contributed by atoms with Gasteiger partial charge in [-0.2, -0.15) is 0 Å². The van der Waals surface area contributed by atoms with Crippen molar-refractivity contribution in [2.75, 3.05) is 0 Å². The minimum Gasteiger partial charge on any atom is -0.271 e. The first-order valence-corrected chi connectivity index (χ1v) is 6.01. The van der Waals surface area contributed by atoms with Crippen molar-refractivity contribution in [3.05, 3.63) is 70.3 Å². The normalized spacial score (nSPS) is 12.5. The fourth-order valence-electron chi connectivity index (χ4n) is 2.31. The standard InChI is InChI=1S/C15H16F2N2/c1-9-6-10(2)8-11(7-9)15(19-18)14-12(16)4-3-5-13(14)17/h3-8,15,19H,18H2,1-2H3. The number of benzene rings is 2. The summed E-state index contributed by atoms with van der Waals surface area (Å²) in [6, 6.07) is 8.81. The second-order valence-corrected chi connectivity index (χ2v) is 4.66. The van der Waals surface area contributed by atoms with Crippen LogP contribution in [0, 0.1) is 25.5 Å². The molecule has 0 spiro atoms. The maximum atomic E-state index is 13.8. The molecule has 0 bridgehead atoms. The second-order valence-electron chi connectivity index (χ2n) is 4.66. The Morgan fingerprint density at radius 2 is 1.53 bits per heavy atom. The van der Waals surface area contributed by atoms with Crippen LogP contribution in [0.2, 0.25) is 0 Å². The molecule has 0 aliphatic rings. The molecule has 2 rings (SSSR count). The fourth-order valence-corrected chi connectivity index (χ4v) is 2.31. The first kappa shape index (κ1) is 13.6. The number of halogens is 2. The van der Waals surface area contributed by atoms with Gasteiger partial charge in [-0.1, -0.05) is 35.4 Å². The molecule has 0 radical (unpaired) electrons. The lowest BCUT2D eigenvalue weighted by Gasteiger charge is -2.19. The summed E-state index contributed by atoms with van der Waals surface area (Å²) in [7, 11) is 0. The van der Waals surface area contributed by atoms with Crippen LogP contribution >= 0.6 is 0 Å². The topological polar surface area (TPSA) is 38.0 Å². The molecule has 0 fully saturated rings. The summed E-state index contributed by atoms with van der Waals surface area (Å²) >= 11 is 0. The van der Waals surface area contributed by atoms with Crippen molar-refractivity contribution in [3.8, 4) is 0 Å². The molecular formula is C15H16F2N2. The van der Waals surface area contributed by atoms with Crippen molar-refractivity contribution < 1.29 is 8.78 Å². The molecule has 3 N–H and O–H groups in total. The van der Waals surface area contributed by atoms with Gasteiger partial charge in [0.25, 0.3) is 0 Å². The van der Waals surface area contributed by atoms with Crippen molar-refractivity contribution in [1.82, 2.24) is 5.43 Å². The van der Waals surface area contributed by atoms with Gasteiger partial charge in [0.15, 0.2) is 0 Å². The third kappa shape index (κ3) is 2.80. The molecule has 0 aliphatic heterocycles. The van der Waals surface area contributed by atoms with Crippen LogP contribution in [-0.2, 0) is 0 Å². The van der Waals surface area contributed by atoms with Crippen LogP contribution < -0.4 is 11.3 Å². The number of aryl methyl sites for hydroxylation is 2. The molecule has 4 heteroatoms. The third-order valence-electron chi connectivity index (χ3n) is 3.03. The van der Waals surface area contributed by atoms with Crippen molar-refractivity contribution >= 4 is 0 Å². The molecule has 0 saturated carbocycles. The van der Waals surface area contributed by atoms with E-state index in [4.69, 9.17) is 5.84 Å². The minimum atomic E-state index is -0.709. The predicted octanol–water partition coefficient (Wildman–Crippen LogP) is 3.13. The first-order valence-electron chi connectivity index (χ1n) is 6.01. The van der Waals surface area contributed by atoms with E-state index in [1.807, 2.05) is 32.0 Å². The van der Waals surface area contributed by atoms with Gasteiger partial charge >= 0.3 is 0 Å². The highest BCUT2D eigenvalue weighted by atomic mass is 19.1. The van der Waals surface area contributed by atoms with Crippen molar-refractivity contribution in [2.45, 2.75) is 19.9 Å². The van der Waals surface area contributed by atoms with Gasteiger partial charge in [-0.25, -0.2) is 14.2 Å². The van der Waals surface area contributed by atoms with Crippen LogP contribution in [0.5, 0.6) is 0 Å². The SMILES string of the molecule is Cc1cc(C)cc(C(NN)c2c(F)cccc2F)c1. The van der Waals surface area contributed by atoms with Crippen LogP contribution in [0.4, 0.5) is 8.78 Å². The Hall–Kier alpha value is -1.78. The maximum absolute atomic E-state index is 13.8. The smallest absolute Gasteiger partial charge is 0.131 e. The molecule has 0 amide bonds. The monoisotopic (exact) mass is 262 g/mol. The fraction of sp³-hybridized carbons (Fsp3) is 0.200. The second kappa shape index (κ2) is 5.47. The van der Waals surface area contributed by atoms with E-state index < -0.39 is 17.7 Å². The zero-order chi connectivity index (χ0) is 14.0. The average Bonchev–Trinajstić information content (AvgIpc) is 2.32. The predicted molar refractivity (Wildman–Crippen MR) is 71.4 cm³/mol. The van der Waals surface area contributed by atoms with Gasteiger partial charge < -0.3 is 0 Å². The zero-order valence-electron chi connectivity index (χ0n) is 10.9. The van der Waals surface area contributed by atoms with E-state index in [1.54, 1.807) is 0 Å². The molecular weight excluding hydrogens is 246 g/mol. The molecule has 0 saturated heterocycles. The van der Waals surface area contributed by atoms with E-state index in [0.29, 0.717) is 0 Å². The number of hydrazine groups is 1. The van der Waals surface area contributed by atoms with E-state index in [1.165, 1.54) is 18.2 Å². The highest BCUT2D eigenvalue weighted by molar-refractivity contribution is 5.37. The van der Waals surface area contributed by atoms with E-state index in [9.17, 15) is 8.78 Å². The molecule has 0 aliphatic carbocycles. The van der Waals surface area contributed by atoms with E-state index in [0.717, 1.165) is 16.7 Å². The summed E-state index contributed by atoms with van der Waals surface area (Å²) in [5.74, 6) is 4.27. The molecule has 1 atom stereocenters. The van der Waals surface area contributed by atoms with Gasteiger partial charge in [0, 0.05) is 5.56 Å². The van der Waals surface area contributed by atoms with Gasteiger partial charge in [0.05, 0.1) is 6.04 Å². The van der Waals surface area contributed by atoms with Gasteiger partial charge in [-0.05, 0) is 31.5 Å². The number of hydrogen-bond acceptors (Lipinski definition) is 2. The lowest BCUT2D eigenvalue weighted by molar-refractivity contribution is 0.510. The molecule has 2 nitrogen and oxygen atoms in total. The van der Waals surface area contributed by atoms with Crippen molar-refractivity contribution in [2.24, 2.45) is 5.84 Å². The Bertz CT molecular complexity index is 556. The number of nitrogens with one attached hydrogen (secondary N) is 1. The largest absolute Gasteiger partial charge is 0.271 e. The molecule has 0 heterocycles. The maximum Gasteiger partial charge on any atom is 0.131 e. The number of rotatable bonds is 3. The zero-order valence-corrected chi connectivity index (χ0v) is 10.9. The Kier molecular flexibility index (Phi) is 3.93. The summed E-state index contributed by atoms with van der Waals surface area (Å²) in [5.41, 5.74) is 5.21. The van der Waals surface area contributed by atoms with Crippen LogP contribution in [0.3, 0.4) is 0 Å². The van der Waals surface area contributed by atoms with Crippen LogP contribution in [-0.4, -0.2) is 0 Å². The molecule has 2 aromatic carbocycles. The summed E-state index contributed by atoms with van der Waals surface area (Å²) in [6.07, 6.45) is 0. The minimum absolute atomic E-state index is 0.0602. The summed E-state index contributed by atoms with van der Waals surface area (Å²) in [6.45, 7) is 3.86. The Labute approximate surface area is 111 Å².